The van der Waals surface area contributed by atoms with E-state index in [2.05, 4.69) is 10.6 Å². The Balaban J connectivity index is 2.04. The maximum atomic E-state index is 11.8. The molecular weight excluding hydrogens is 349 g/mol. The highest BCUT2D eigenvalue weighted by Gasteiger charge is 2.15. The topological polar surface area (TPSA) is 84.2 Å². The van der Waals surface area contributed by atoms with Gasteiger partial charge in [-0.1, -0.05) is 34.8 Å². The first-order chi connectivity index (χ1) is 10.4. The fourth-order valence-corrected chi connectivity index (χ4v) is 2.03. The first-order valence-electron chi connectivity index (χ1n) is 5.99. The van der Waals surface area contributed by atoms with E-state index in [1.54, 1.807) is 0 Å². The molecule has 2 rings (SSSR count). The fraction of sp³-hybridized carbons (Fsp3) is 0. The lowest BCUT2D eigenvalue weighted by Gasteiger charge is -2.08. The molecule has 22 heavy (non-hydrogen) atoms. The lowest BCUT2D eigenvalue weighted by molar-refractivity contribution is -0.132. The summed E-state index contributed by atoms with van der Waals surface area (Å²) in [4.78, 5) is 23.6. The Kier molecular flexibility index (Phi) is 5.13. The van der Waals surface area contributed by atoms with Crippen LogP contribution < -0.4 is 16.4 Å². The molecule has 0 aliphatic heterocycles. The Morgan fingerprint density at radius 3 is 1.77 bits per heavy atom. The highest BCUT2D eigenvalue weighted by molar-refractivity contribution is 6.44. The van der Waals surface area contributed by atoms with Crippen molar-refractivity contribution < 1.29 is 9.59 Å². The van der Waals surface area contributed by atoms with Crippen molar-refractivity contribution in [3.63, 3.8) is 0 Å². The van der Waals surface area contributed by atoms with Gasteiger partial charge in [-0.25, -0.2) is 0 Å². The van der Waals surface area contributed by atoms with Crippen LogP contribution in [0.2, 0.25) is 15.1 Å². The van der Waals surface area contributed by atoms with Gasteiger partial charge in [-0.15, -0.1) is 0 Å². The van der Waals surface area contributed by atoms with Crippen LogP contribution in [0, 0.1) is 0 Å². The summed E-state index contributed by atoms with van der Waals surface area (Å²) in [5.41, 5.74) is 6.64. The number of carbonyl (C=O) groups excluding carboxylic acids is 2. The van der Waals surface area contributed by atoms with Gasteiger partial charge < -0.3 is 16.4 Å². The number of anilines is 3. The zero-order valence-electron chi connectivity index (χ0n) is 11.0. The van der Waals surface area contributed by atoms with Crippen molar-refractivity contribution in [2.45, 2.75) is 0 Å². The van der Waals surface area contributed by atoms with Gasteiger partial charge in [0.15, 0.2) is 0 Å². The molecule has 0 aromatic heterocycles. The van der Waals surface area contributed by atoms with E-state index in [0.29, 0.717) is 22.1 Å². The normalized spacial score (nSPS) is 10.1. The van der Waals surface area contributed by atoms with Gasteiger partial charge in [0, 0.05) is 11.4 Å². The molecule has 0 spiro atoms. The standard InChI is InChI=1S/C14H10Cl3N3O2/c15-9-3-1-7(5-10(9)16)19-13(21)14(22)20-8-2-4-12(18)11(17)6-8/h1-6H,18H2,(H,19,21)(H,20,22). The molecule has 8 heteroatoms. The van der Waals surface area contributed by atoms with E-state index in [1.807, 2.05) is 0 Å². The van der Waals surface area contributed by atoms with Gasteiger partial charge in [-0.3, -0.25) is 9.59 Å². The number of hydrogen-bond donors (Lipinski definition) is 3. The van der Waals surface area contributed by atoms with Crippen molar-refractivity contribution in [2.75, 3.05) is 16.4 Å². The number of nitrogens with two attached hydrogens (primary N) is 1. The molecule has 0 fully saturated rings. The molecule has 0 saturated heterocycles. The SMILES string of the molecule is Nc1ccc(NC(=O)C(=O)Nc2ccc(Cl)c(Cl)c2)cc1Cl. The molecule has 0 aliphatic rings. The third-order valence-electron chi connectivity index (χ3n) is 2.64. The van der Waals surface area contributed by atoms with Crippen molar-refractivity contribution >= 4 is 63.7 Å². The maximum Gasteiger partial charge on any atom is 0.314 e. The summed E-state index contributed by atoms with van der Waals surface area (Å²) < 4.78 is 0. The van der Waals surface area contributed by atoms with Gasteiger partial charge >= 0.3 is 11.8 Å². The van der Waals surface area contributed by atoms with E-state index in [9.17, 15) is 9.59 Å². The zero-order chi connectivity index (χ0) is 16.3. The second-order valence-corrected chi connectivity index (χ2v) is 5.50. The summed E-state index contributed by atoms with van der Waals surface area (Å²) in [5.74, 6) is -1.71. The van der Waals surface area contributed by atoms with Gasteiger partial charge in [0.1, 0.15) is 0 Å². The fourth-order valence-electron chi connectivity index (χ4n) is 1.55. The first kappa shape index (κ1) is 16.4. The minimum atomic E-state index is -0.855. The van der Waals surface area contributed by atoms with Crippen LogP contribution in [0.1, 0.15) is 0 Å². The number of halogens is 3. The summed E-state index contributed by atoms with van der Waals surface area (Å²) in [5, 5.41) is 5.71. The van der Waals surface area contributed by atoms with E-state index in [4.69, 9.17) is 40.5 Å². The van der Waals surface area contributed by atoms with Gasteiger partial charge in [0.2, 0.25) is 0 Å². The number of benzene rings is 2. The quantitative estimate of drug-likeness (QED) is 0.564. The van der Waals surface area contributed by atoms with Crippen molar-refractivity contribution in [1.29, 1.82) is 0 Å². The first-order valence-corrected chi connectivity index (χ1v) is 7.12. The predicted molar refractivity (Wildman–Crippen MR) is 89.6 cm³/mol. The second kappa shape index (κ2) is 6.87. The average Bonchev–Trinajstić information content (AvgIpc) is 2.46. The van der Waals surface area contributed by atoms with Crippen molar-refractivity contribution in [1.82, 2.24) is 0 Å². The lowest BCUT2D eigenvalue weighted by atomic mass is 10.2. The van der Waals surface area contributed by atoms with Crippen LogP contribution in [0.15, 0.2) is 36.4 Å². The molecule has 2 amide bonds. The van der Waals surface area contributed by atoms with Crippen LogP contribution in [-0.4, -0.2) is 11.8 Å². The Hall–Kier alpha value is -1.95. The van der Waals surface area contributed by atoms with Crippen LogP contribution in [0.25, 0.3) is 0 Å². The third-order valence-corrected chi connectivity index (χ3v) is 3.71. The van der Waals surface area contributed by atoms with Gasteiger partial charge in [0.25, 0.3) is 0 Å². The molecule has 114 valence electrons. The number of amides is 2. The largest absolute Gasteiger partial charge is 0.398 e. The molecule has 2 aromatic carbocycles. The van der Waals surface area contributed by atoms with Crippen molar-refractivity contribution in [2.24, 2.45) is 0 Å². The van der Waals surface area contributed by atoms with Crippen LogP contribution in [-0.2, 0) is 9.59 Å². The molecule has 0 radical (unpaired) electrons. The van der Waals surface area contributed by atoms with Gasteiger partial charge in [-0.2, -0.15) is 0 Å². The number of hydrogen-bond acceptors (Lipinski definition) is 3. The molecule has 5 nitrogen and oxygen atoms in total. The van der Waals surface area contributed by atoms with E-state index < -0.39 is 11.8 Å². The van der Waals surface area contributed by atoms with E-state index in [0.717, 1.165) is 0 Å². The Labute approximate surface area is 141 Å². The highest BCUT2D eigenvalue weighted by atomic mass is 35.5. The molecular formula is C14H10Cl3N3O2. The van der Waals surface area contributed by atoms with Crippen LogP contribution >= 0.6 is 34.8 Å². The average molecular weight is 359 g/mol. The number of carbonyl (C=O) groups is 2. The minimum Gasteiger partial charge on any atom is -0.398 e. The van der Waals surface area contributed by atoms with Crippen molar-refractivity contribution in [3.8, 4) is 0 Å². The number of rotatable bonds is 2. The van der Waals surface area contributed by atoms with E-state index >= 15 is 0 Å². The highest BCUT2D eigenvalue weighted by Crippen LogP contribution is 2.25. The molecule has 0 bridgehead atoms. The molecule has 0 aliphatic carbocycles. The van der Waals surface area contributed by atoms with Crippen LogP contribution in [0.4, 0.5) is 17.1 Å². The Morgan fingerprint density at radius 1 is 0.773 bits per heavy atom. The molecule has 0 heterocycles. The maximum absolute atomic E-state index is 11.8. The smallest absolute Gasteiger partial charge is 0.314 e. The zero-order valence-corrected chi connectivity index (χ0v) is 13.3. The van der Waals surface area contributed by atoms with Gasteiger partial charge in [-0.05, 0) is 36.4 Å². The van der Waals surface area contributed by atoms with E-state index in [-0.39, 0.29) is 10.0 Å². The summed E-state index contributed by atoms with van der Waals surface area (Å²) >= 11 is 17.4. The van der Waals surface area contributed by atoms with Crippen molar-refractivity contribution in [3.05, 3.63) is 51.5 Å². The number of nitrogen functional groups attached to an aromatic ring is 1. The molecule has 4 N–H and O–H groups in total. The number of nitrogens with one attached hydrogen (secondary N) is 2. The second-order valence-electron chi connectivity index (χ2n) is 4.27. The Morgan fingerprint density at radius 2 is 1.27 bits per heavy atom. The summed E-state index contributed by atoms with van der Waals surface area (Å²) in [6.45, 7) is 0. The predicted octanol–water partition coefficient (Wildman–Crippen LogP) is 3.81. The monoisotopic (exact) mass is 357 g/mol. The summed E-state index contributed by atoms with van der Waals surface area (Å²) in [6, 6.07) is 8.98. The van der Waals surface area contributed by atoms with Gasteiger partial charge in [0.05, 0.1) is 20.8 Å². The van der Waals surface area contributed by atoms with Crippen LogP contribution in [0.3, 0.4) is 0 Å². The minimum absolute atomic E-state index is 0.269. The molecule has 2 aromatic rings. The third kappa shape index (κ3) is 4.04. The Bertz CT molecular complexity index is 687. The van der Waals surface area contributed by atoms with Crippen LogP contribution in [0.5, 0.6) is 0 Å². The molecule has 0 atom stereocenters. The summed E-state index contributed by atoms with van der Waals surface area (Å²) in [6.07, 6.45) is 0. The molecule has 0 unspecified atom stereocenters. The summed E-state index contributed by atoms with van der Waals surface area (Å²) in [7, 11) is 0. The lowest BCUT2D eigenvalue weighted by Crippen LogP contribution is -2.29. The van der Waals surface area contributed by atoms with E-state index in [1.165, 1.54) is 36.4 Å². The molecule has 0 saturated carbocycles.